The van der Waals surface area contributed by atoms with Gasteiger partial charge in [-0.1, -0.05) is 35.9 Å². The Balaban J connectivity index is 1.53. The van der Waals surface area contributed by atoms with Gasteiger partial charge in [-0.2, -0.15) is 0 Å². The van der Waals surface area contributed by atoms with Crippen LogP contribution in [0.5, 0.6) is 5.75 Å². The van der Waals surface area contributed by atoms with Gasteiger partial charge in [0.15, 0.2) is 0 Å². The molecule has 0 spiro atoms. The van der Waals surface area contributed by atoms with E-state index in [-0.39, 0.29) is 18.1 Å². The summed E-state index contributed by atoms with van der Waals surface area (Å²) in [6.45, 7) is 11.2. The molecule has 5 heteroatoms. The maximum absolute atomic E-state index is 12.5. The summed E-state index contributed by atoms with van der Waals surface area (Å²) < 4.78 is 11.6. The number of nitrogens with zero attached hydrogens (tertiary/aromatic N) is 1. The average molecular weight is 397 g/mol. The van der Waals surface area contributed by atoms with Gasteiger partial charge in [0.25, 0.3) is 0 Å². The number of hydrogen-bond acceptors (Lipinski definition) is 4. The molecule has 1 N–H and O–H groups in total. The van der Waals surface area contributed by atoms with Crippen LogP contribution in [0, 0.1) is 13.8 Å². The molecule has 3 rings (SSSR count). The van der Waals surface area contributed by atoms with Gasteiger partial charge in [-0.3, -0.25) is 9.69 Å². The Labute approximate surface area is 174 Å². The SMILES string of the molecule is Cc1ccc(OCCC(=O)Nc2ccccc2CN2CC(C)OC(C)C2)c(C)c1. The van der Waals surface area contributed by atoms with Crippen LogP contribution in [0.25, 0.3) is 0 Å². The first-order valence-corrected chi connectivity index (χ1v) is 10.4. The first-order chi connectivity index (χ1) is 13.9. The van der Waals surface area contributed by atoms with E-state index in [2.05, 4.69) is 43.1 Å². The molecular formula is C24H32N2O3. The summed E-state index contributed by atoms with van der Waals surface area (Å²) in [4.78, 5) is 14.8. The highest BCUT2D eigenvalue weighted by Crippen LogP contribution is 2.21. The summed E-state index contributed by atoms with van der Waals surface area (Å²) in [7, 11) is 0. The minimum absolute atomic E-state index is 0.0362. The van der Waals surface area contributed by atoms with Gasteiger partial charge in [0.1, 0.15) is 5.75 Å². The quantitative estimate of drug-likeness (QED) is 0.757. The van der Waals surface area contributed by atoms with Crippen LogP contribution in [0.2, 0.25) is 0 Å². The van der Waals surface area contributed by atoms with Gasteiger partial charge >= 0.3 is 0 Å². The minimum atomic E-state index is -0.0362. The maximum atomic E-state index is 12.5. The largest absolute Gasteiger partial charge is 0.493 e. The van der Waals surface area contributed by atoms with Gasteiger partial charge in [-0.25, -0.2) is 0 Å². The molecule has 2 aromatic rings. The van der Waals surface area contributed by atoms with Gasteiger partial charge in [0, 0.05) is 25.3 Å². The van der Waals surface area contributed by atoms with Crippen LogP contribution in [0.15, 0.2) is 42.5 Å². The van der Waals surface area contributed by atoms with Crippen molar-refractivity contribution in [2.45, 2.75) is 52.9 Å². The zero-order chi connectivity index (χ0) is 20.8. The topological polar surface area (TPSA) is 50.8 Å². The molecule has 1 aliphatic rings. The predicted molar refractivity (Wildman–Crippen MR) is 116 cm³/mol. The Morgan fingerprint density at radius 1 is 1.14 bits per heavy atom. The van der Waals surface area contributed by atoms with Crippen molar-refractivity contribution in [3.63, 3.8) is 0 Å². The minimum Gasteiger partial charge on any atom is -0.493 e. The van der Waals surface area contributed by atoms with Crippen molar-refractivity contribution in [3.05, 3.63) is 59.2 Å². The summed E-state index contributed by atoms with van der Waals surface area (Å²) in [5, 5.41) is 3.06. The number of benzene rings is 2. The van der Waals surface area contributed by atoms with Gasteiger partial charge in [-0.05, 0) is 51.0 Å². The van der Waals surface area contributed by atoms with E-state index in [1.807, 2.05) is 37.3 Å². The normalized spacial score (nSPS) is 19.7. The van der Waals surface area contributed by atoms with Crippen LogP contribution in [0.3, 0.4) is 0 Å². The number of nitrogens with one attached hydrogen (secondary N) is 1. The zero-order valence-corrected chi connectivity index (χ0v) is 17.9. The lowest BCUT2D eigenvalue weighted by molar-refractivity contribution is -0.116. The van der Waals surface area contributed by atoms with E-state index in [1.54, 1.807) is 0 Å². The predicted octanol–water partition coefficient (Wildman–Crippen LogP) is 4.32. The fraction of sp³-hybridized carbons (Fsp3) is 0.458. The molecule has 2 unspecified atom stereocenters. The van der Waals surface area contributed by atoms with Crippen molar-refractivity contribution in [1.29, 1.82) is 0 Å². The van der Waals surface area contributed by atoms with Gasteiger partial charge in [0.05, 0.1) is 25.2 Å². The summed E-state index contributed by atoms with van der Waals surface area (Å²) in [5.41, 5.74) is 4.28. The third-order valence-electron chi connectivity index (χ3n) is 5.10. The molecule has 1 amide bonds. The van der Waals surface area contributed by atoms with E-state index in [0.717, 1.165) is 42.2 Å². The molecule has 0 aliphatic carbocycles. The molecule has 0 aromatic heterocycles. The number of rotatable bonds is 7. The molecule has 2 atom stereocenters. The smallest absolute Gasteiger partial charge is 0.227 e. The Morgan fingerprint density at radius 2 is 1.86 bits per heavy atom. The maximum Gasteiger partial charge on any atom is 0.227 e. The van der Waals surface area contributed by atoms with E-state index in [9.17, 15) is 4.79 Å². The number of carbonyl (C=O) groups is 1. The van der Waals surface area contributed by atoms with Crippen molar-refractivity contribution >= 4 is 11.6 Å². The number of para-hydroxylation sites is 1. The molecule has 0 saturated carbocycles. The van der Waals surface area contributed by atoms with Crippen molar-refractivity contribution in [1.82, 2.24) is 4.90 Å². The summed E-state index contributed by atoms with van der Waals surface area (Å²) >= 11 is 0. The Bertz CT molecular complexity index is 827. The summed E-state index contributed by atoms with van der Waals surface area (Å²) in [5.74, 6) is 0.797. The molecule has 1 fully saturated rings. The molecule has 5 nitrogen and oxygen atoms in total. The molecule has 1 saturated heterocycles. The number of aryl methyl sites for hydroxylation is 2. The second-order valence-electron chi connectivity index (χ2n) is 8.02. The number of carbonyl (C=O) groups excluding carboxylic acids is 1. The fourth-order valence-electron chi connectivity index (χ4n) is 3.86. The van der Waals surface area contributed by atoms with Gasteiger partial charge in [-0.15, -0.1) is 0 Å². The van der Waals surface area contributed by atoms with Gasteiger partial charge in [0.2, 0.25) is 5.91 Å². The van der Waals surface area contributed by atoms with Crippen LogP contribution < -0.4 is 10.1 Å². The highest BCUT2D eigenvalue weighted by molar-refractivity contribution is 5.91. The van der Waals surface area contributed by atoms with Crippen LogP contribution in [-0.4, -0.2) is 42.7 Å². The molecule has 0 radical (unpaired) electrons. The lowest BCUT2D eigenvalue weighted by atomic mass is 10.1. The number of ether oxygens (including phenoxy) is 2. The highest BCUT2D eigenvalue weighted by Gasteiger charge is 2.22. The molecule has 2 aromatic carbocycles. The second kappa shape index (κ2) is 9.90. The lowest BCUT2D eigenvalue weighted by Crippen LogP contribution is -2.44. The van der Waals surface area contributed by atoms with Crippen LogP contribution in [0.1, 0.15) is 37.0 Å². The van der Waals surface area contributed by atoms with E-state index in [0.29, 0.717) is 13.0 Å². The fourth-order valence-corrected chi connectivity index (χ4v) is 3.86. The van der Waals surface area contributed by atoms with Crippen molar-refractivity contribution < 1.29 is 14.3 Å². The van der Waals surface area contributed by atoms with E-state index >= 15 is 0 Å². The first kappa shape index (κ1) is 21.3. The number of morpholine rings is 1. The molecule has 1 aliphatic heterocycles. The van der Waals surface area contributed by atoms with Crippen molar-refractivity contribution in [2.24, 2.45) is 0 Å². The Morgan fingerprint density at radius 3 is 2.59 bits per heavy atom. The molecule has 1 heterocycles. The average Bonchev–Trinajstić information content (AvgIpc) is 2.64. The van der Waals surface area contributed by atoms with Crippen molar-refractivity contribution in [3.8, 4) is 5.75 Å². The van der Waals surface area contributed by atoms with Crippen LogP contribution in [-0.2, 0) is 16.1 Å². The number of amides is 1. The van der Waals surface area contributed by atoms with Crippen molar-refractivity contribution in [2.75, 3.05) is 25.0 Å². The Hall–Kier alpha value is -2.37. The van der Waals surface area contributed by atoms with Crippen LogP contribution >= 0.6 is 0 Å². The summed E-state index contributed by atoms with van der Waals surface area (Å²) in [6.07, 6.45) is 0.763. The van der Waals surface area contributed by atoms with E-state index in [1.165, 1.54) is 5.56 Å². The first-order valence-electron chi connectivity index (χ1n) is 10.4. The molecule has 156 valence electrons. The summed E-state index contributed by atoms with van der Waals surface area (Å²) in [6, 6.07) is 14.1. The third-order valence-corrected chi connectivity index (χ3v) is 5.10. The van der Waals surface area contributed by atoms with Gasteiger partial charge < -0.3 is 14.8 Å². The van der Waals surface area contributed by atoms with E-state index < -0.39 is 0 Å². The van der Waals surface area contributed by atoms with E-state index in [4.69, 9.17) is 9.47 Å². The Kier molecular flexibility index (Phi) is 7.29. The third kappa shape index (κ3) is 6.31. The second-order valence-corrected chi connectivity index (χ2v) is 8.02. The van der Waals surface area contributed by atoms with Crippen LogP contribution in [0.4, 0.5) is 5.69 Å². The number of hydrogen-bond donors (Lipinski definition) is 1. The monoisotopic (exact) mass is 396 g/mol. The number of anilines is 1. The molecule has 0 bridgehead atoms. The molecular weight excluding hydrogens is 364 g/mol. The standard InChI is InChI=1S/C24H32N2O3/c1-17-9-10-23(18(2)13-17)28-12-11-24(27)25-22-8-6-5-7-21(22)16-26-14-19(3)29-20(4)15-26/h5-10,13,19-20H,11-12,14-16H2,1-4H3,(H,25,27). The molecule has 29 heavy (non-hydrogen) atoms. The zero-order valence-electron chi connectivity index (χ0n) is 17.9. The lowest BCUT2D eigenvalue weighted by Gasteiger charge is -2.35. The highest BCUT2D eigenvalue weighted by atomic mass is 16.5.